The maximum atomic E-state index is 11.5. The molecule has 6 nitrogen and oxygen atoms in total. The number of para-hydroxylation sites is 1. The minimum absolute atomic E-state index is 0.0216. The number of esters is 1. The molecule has 0 saturated heterocycles. The van der Waals surface area contributed by atoms with Gasteiger partial charge in [-0.2, -0.15) is 0 Å². The number of methoxy groups -OCH3 is 1. The lowest BCUT2D eigenvalue weighted by atomic mass is 10.2. The number of nitrogens with zero attached hydrogens (tertiary/aromatic N) is 1. The summed E-state index contributed by atoms with van der Waals surface area (Å²) in [4.78, 5) is 26.9. The first-order valence-electron chi connectivity index (χ1n) is 6.42. The Kier molecular flexibility index (Phi) is 4.71. The Balaban J connectivity index is 2.07. The fourth-order valence-corrected chi connectivity index (χ4v) is 1.87. The van der Waals surface area contributed by atoms with Crippen molar-refractivity contribution < 1.29 is 19.1 Å². The van der Waals surface area contributed by atoms with Gasteiger partial charge in [0, 0.05) is 12.3 Å². The van der Waals surface area contributed by atoms with E-state index in [1.54, 1.807) is 6.20 Å². The zero-order valence-corrected chi connectivity index (χ0v) is 11.8. The van der Waals surface area contributed by atoms with Crippen LogP contribution >= 0.6 is 0 Å². The molecule has 21 heavy (non-hydrogen) atoms. The van der Waals surface area contributed by atoms with Gasteiger partial charge in [0.25, 0.3) is 0 Å². The second kappa shape index (κ2) is 6.69. The van der Waals surface area contributed by atoms with E-state index in [4.69, 9.17) is 4.74 Å². The number of hydrogen-bond acceptors (Lipinski definition) is 5. The third kappa shape index (κ3) is 3.92. The third-order valence-corrected chi connectivity index (χ3v) is 2.85. The van der Waals surface area contributed by atoms with Gasteiger partial charge in [0.15, 0.2) is 6.04 Å². The zero-order valence-electron chi connectivity index (χ0n) is 11.8. The minimum atomic E-state index is -0.848. The largest absolute Gasteiger partial charge is 0.489 e. The molecule has 1 atom stereocenters. The van der Waals surface area contributed by atoms with E-state index in [0.717, 1.165) is 10.9 Å². The zero-order chi connectivity index (χ0) is 15.2. The Morgan fingerprint density at radius 1 is 1.33 bits per heavy atom. The molecule has 6 heteroatoms. The van der Waals surface area contributed by atoms with Crippen LogP contribution in [-0.4, -0.2) is 36.6 Å². The lowest BCUT2D eigenvalue weighted by molar-refractivity contribution is -0.145. The van der Waals surface area contributed by atoms with E-state index < -0.39 is 12.0 Å². The van der Waals surface area contributed by atoms with Crippen molar-refractivity contribution in [1.82, 2.24) is 10.3 Å². The van der Waals surface area contributed by atoms with Crippen LogP contribution in [0, 0.1) is 0 Å². The van der Waals surface area contributed by atoms with Gasteiger partial charge in [-0.05, 0) is 12.1 Å². The molecule has 0 saturated carbocycles. The molecule has 2 aromatic rings. The van der Waals surface area contributed by atoms with Crippen molar-refractivity contribution in [3.05, 3.63) is 36.5 Å². The van der Waals surface area contributed by atoms with Crippen molar-refractivity contribution in [2.45, 2.75) is 13.0 Å². The highest BCUT2D eigenvalue weighted by atomic mass is 16.5. The quantitative estimate of drug-likeness (QED) is 0.839. The molecule has 1 heterocycles. The van der Waals surface area contributed by atoms with E-state index in [-0.39, 0.29) is 12.5 Å². The summed E-state index contributed by atoms with van der Waals surface area (Å²) in [6.45, 7) is 1.31. The Morgan fingerprint density at radius 2 is 2.10 bits per heavy atom. The number of aromatic nitrogens is 1. The normalized spacial score (nSPS) is 11.7. The lowest BCUT2D eigenvalue weighted by Gasteiger charge is -2.16. The average Bonchev–Trinajstić information content (AvgIpc) is 2.50. The molecule has 1 aromatic heterocycles. The molecule has 0 fully saturated rings. The molecular formula is C15H16N2O4. The number of pyridine rings is 1. The summed E-state index contributed by atoms with van der Waals surface area (Å²) < 4.78 is 10.1. The summed E-state index contributed by atoms with van der Waals surface area (Å²) >= 11 is 0. The number of amides is 1. The van der Waals surface area contributed by atoms with Gasteiger partial charge in [-0.15, -0.1) is 0 Å². The van der Waals surface area contributed by atoms with Crippen molar-refractivity contribution in [2.75, 3.05) is 13.7 Å². The molecule has 1 amide bonds. The summed E-state index contributed by atoms with van der Waals surface area (Å²) in [5, 5.41) is 3.41. The molecule has 1 N–H and O–H groups in total. The highest BCUT2D eigenvalue weighted by Gasteiger charge is 2.21. The maximum Gasteiger partial charge on any atom is 0.331 e. The van der Waals surface area contributed by atoms with Gasteiger partial charge < -0.3 is 14.8 Å². The maximum absolute atomic E-state index is 11.5. The molecule has 0 radical (unpaired) electrons. The van der Waals surface area contributed by atoms with Crippen LogP contribution in [0.15, 0.2) is 36.5 Å². The van der Waals surface area contributed by atoms with Crippen molar-refractivity contribution in [3.8, 4) is 5.75 Å². The number of rotatable bonds is 5. The van der Waals surface area contributed by atoms with E-state index in [1.165, 1.54) is 14.0 Å². The fourth-order valence-electron chi connectivity index (χ4n) is 1.87. The molecule has 1 aromatic carbocycles. The molecule has 0 aliphatic rings. The Hall–Kier alpha value is -2.63. The Labute approximate surface area is 122 Å². The number of carbonyl (C=O) groups is 2. The van der Waals surface area contributed by atoms with Crippen LogP contribution in [0.3, 0.4) is 0 Å². The van der Waals surface area contributed by atoms with E-state index in [2.05, 4.69) is 15.0 Å². The topological polar surface area (TPSA) is 77.5 Å². The molecule has 0 spiro atoms. The van der Waals surface area contributed by atoms with Gasteiger partial charge in [-0.25, -0.2) is 4.79 Å². The van der Waals surface area contributed by atoms with Crippen molar-refractivity contribution in [2.24, 2.45) is 0 Å². The summed E-state index contributed by atoms with van der Waals surface area (Å²) in [7, 11) is 1.26. The smallest absolute Gasteiger partial charge is 0.331 e. The lowest BCUT2D eigenvalue weighted by Crippen LogP contribution is -2.44. The second-order valence-electron chi connectivity index (χ2n) is 4.45. The highest BCUT2D eigenvalue weighted by Crippen LogP contribution is 2.17. The van der Waals surface area contributed by atoms with Crippen LogP contribution in [0.25, 0.3) is 10.9 Å². The monoisotopic (exact) mass is 288 g/mol. The second-order valence-corrected chi connectivity index (χ2v) is 4.45. The summed E-state index contributed by atoms with van der Waals surface area (Å²) in [5.41, 5.74) is 0.858. The first kappa shape index (κ1) is 14.8. The van der Waals surface area contributed by atoms with Crippen molar-refractivity contribution in [1.29, 1.82) is 0 Å². The first-order valence-corrected chi connectivity index (χ1v) is 6.42. The predicted molar refractivity (Wildman–Crippen MR) is 76.9 cm³/mol. The van der Waals surface area contributed by atoms with Crippen LogP contribution in [-0.2, 0) is 14.3 Å². The fraction of sp³-hybridized carbons (Fsp3) is 0.267. The summed E-state index contributed by atoms with van der Waals surface area (Å²) in [5.74, 6) is -0.363. The molecule has 110 valence electrons. The number of benzene rings is 1. The van der Waals surface area contributed by atoms with Crippen LogP contribution in [0.5, 0.6) is 5.75 Å². The number of hydrogen-bond donors (Lipinski definition) is 1. The highest BCUT2D eigenvalue weighted by molar-refractivity contribution is 5.83. The van der Waals surface area contributed by atoms with Gasteiger partial charge in [0.2, 0.25) is 5.91 Å². The predicted octanol–water partition coefficient (Wildman–Crippen LogP) is 1.29. The first-order chi connectivity index (χ1) is 10.1. The van der Waals surface area contributed by atoms with Gasteiger partial charge >= 0.3 is 5.97 Å². The van der Waals surface area contributed by atoms with Gasteiger partial charge in [-0.3, -0.25) is 9.78 Å². The number of fused-ring (bicyclic) bond motifs is 1. The third-order valence-electron chi connectivity index (χ3n) is 2.85. The number of nitrogens with one attached hydrogen (secondary N) is 1. The number of carbonyl (C=O) groups excluding carboxylic acids is 2. The SMILES string of the molecule is COC(=O)C(COc1cnc2ccccc2c1)NC(C)=O. The van der Waals surface area contributed by atoms with Crippen LogP contribution in [0.1, 0.15) is 6.92 Å². The standard InChI is InChI=1S/C15H16N2O4/c1-10(18)17-14(15(19)20-2)9-21-12-7-11-5-3-4-6-13(11)16-8-12/h3-8,14H,9H2,1-2H3,(H,17,18). The molecule has 1 unspecified atom stereocenters. The van der Waals surface area contributed by atoms with Crippen LogP contribution in [0.2, 0.25) is 0 Å². The van der Waals surface area contributed by atoms with Crippen LogP contribution < -0.4 is 10.1 Å². The molecular weight excluding hydrogens is 272 g/mol. The molecule has 2 rings (SSSR count). The molecule has 0 aliphatic carbocycles. The van der Waals surface area contributed by atoms with Crippen molar-refractivity contribution >= 4 is 22.8 Å². The van der Waals surface area contributed by atoms with Gasteiger partial charge in [0.05, 0.1) is 18.8 Å². The minimum Gasteiger partial charge on any atom is -0.489 e. The van der Waals surface area contributed by atoms with E-state index >= 15 is 0 Å². The van der Waals surface area contributed by atoms with E-state index in [0.29, 0.717) is 5.75 Å². The summed E-state index contributed by atoms with van der Waals surface area (Å²) in [6.07, 6.45) is 1.57. The van der Waals surface area contributed by atoms with Gasteiger partial charge in [0.1, 0.15) is 12.4 Å². The average molecular weight is 288 g/mol. The molecule has 0 bridgehead atoms. The van der Waals surface area contributed by atoms with E-state index in [1.807, 2.05) is 30.3 Å². The summed E-state index contributed by atoms with van der Waals surface area (Å²) in [6, 6.07) is 8.60. The molecule has 0 aliphatic heterocycles. The van der Waals surface area contributed by atoms with Gasteiger partial charge in [-0.1, -0.05) is 18.2 Å². The Bertz CT molecular complexity index is 657. The number of ether oxygens (including phenoxy) is 2. The Morgan fingerprint density at radius 3 is 2.81 bits per heavy atom. The van der Waals surface area contributed by atoms with Crippen LogP contribution in [0.4, 0.5) is 0 Å². The van der Waals surface area contributed by atoms with Crippen molar-refractivity contribution in [3.63, 3.8) is 0 Å². The van der Waals surface area contributed by atoms with E-state index in [9.17, 15) is 9.59 Å².